The van der Waals surface area contributed by atoms with Gasteiger partial charge in [-0.05, 0) is 25.0 Å². The minimum atomic E-state index is -0.0449. The fourth-order valence-electron chi connectivity index (χ4n) is 2.13. The Kier molecular flexibility index (Phi) is 3.11. The third kappa shape index (κ3) is 2.27. The zero-order valence-electron chi connectivity index (χ0n) is 10.5. The molecule has 1 aromatic heterocycles. The number of imidazole rings is 1. The van der Waals surface area contributed by atoms with Crippen molar-refractivity contribution < 1.29 is 4.79 Å². The molecule has 3 nitrogen and oxygen atoms in total. The molecule has 0 saturated carbocycles. The molecular weight excluding hydrogens is 236 g/mol. The summed E-state index contributed by atoms with van der Waals surface area (Å²) in [5, 5.41) is 1.72. The number of hydrogen-bond donors (Lipinski definition) is 0. The third-order valence-corrected chi connectivity index (χ3v) is 3.12. The summed E-state index contributed by atoms with van der Waals surface area (Å²) in [5.41, 5.74) is 0.676. The van der Waals surface area contributed by atoms with Crippen LogP contribution in [0, 0.1) is 0 Å². The Morgan fingerprint density at radius 2 is 1.95 bits per heavy atom. The zero-order valence-corrected chi connectivity index (χ0v) is 10.5. The van der Waals surface area contributed by atoms with Crippen molar-refractivity contribution >= 4 is 18.1 Å². The summed E-state index contributed by atoms with van der Waals surface area (Å²) in [5.74, 6) is -0.0449. The van der Waals surface area contributed by atoms with E-state index >= 15 is 0 Å². The van der Waals surface area contributed by atoms with Crippen LogP contribution in [-0.2, 0) is 0 Å². The number of carbonyl (C=O) groups is 1. The van der Waals surface area contributed by atoms with E-state index in [1.807, 2.05) is 54.7 Å². The summed E-state index contributed by atoms with van der Waals surface area (Å²) in [6.07, 6.45) is 20.9. The number of aromatic nitrogens is 2. The minimum Gasteiger partial charge on any atom is -0.268 e. The van der Waals surface area contributed by atoms with E-state index in [4.69, 9.17) is 0 Å². The van der Waals surface area contributed by atoms with Gasteiger partial charge >= 0.3 is 0 Å². The Bertz CT molecular complexity index is 742. The second-order valence-corrected chi connectivity index (χ2v) is 4.41. The first-order chi connectivity index (χ1) is 9.36. The lowest BCUT2D eigenvalue weighted by molar-refractivity contribution is 0.0956. The van der Waals surface area contributed by atoms with E-state index < -0.39 is 0 Å². The minimum absolute atomic E-state index is 0.0449. The maximum Gasteiger partial charge on any atom is 0.263 e. The molecule has 94 valence electrons. The highest BCUT2D eigenvalue weighted by Crippen LogP contribution is 2.06. The molecule has 0 N–H and O–H groups in total. The Labute approximate surface area is 111 Å². The molecule has 0 saturated heterocycles. The number of hydrogen-bond acceptors (Lipinski definition) is 2. The van der Waals surface area contributed by atoms with E-state index in [9.17, 15) is 4.79 Å². The quantitative estimate of drug-likeness (QED) is 0.757. The lowest BCUT2D eigenvalue weighted by Gasteiger charge is -2.01. The molecule has 2 aliphatic carbocycles. The van der Waals surface area contributed by atoms with E-state index in [0.29, 0.717) is 5.57 Å². The molecule has 1 heterocycles. The standard InChI is InChI=1S/C16H14N2O/c19-16(13-8-4-1-2-5-9-13)18-12-17-14-10-6-3-7-11-15(14)18/h1,3-5,7-12H,2,6H2. The van der Waals surface area contributed by atoms with Gasteiger partial charge in [-0.3, -0.25) is 9.36 Å². The van der Waals surface area contributed by atoms with Gasteiger partial charge in [0.15, 0.2) is 0 Å². The summed E-state index contributed by atoms with van der Waals surface area (Å²) in [7, 11) is 0. The Morgan fingerprint density at radius 3 is 2.89 bits per heavy atom. The molecule has 3 heteroatoms. The van der Waals surface area contributed by atoms with Gasteiger partial charge in [-0.2, -0.15) is 0 Å². The summed E-state index contributed by atoms with van der Waals surface area (Å²) >= 11 is 0. The molecule has 0 amide bonds. The largest absolute Gasteiger partial charge is 0.268 e. The topological polar surface area (TPSA) is 34.9 Å². The Balaban J connectivity index is 2.09. The van der Waals surface area contributed by atoms with Gasteiger partial charge in [0.25, 0.3) is 5.91 Å². The van der Waals surface area contributed by atoms with Crippen LogP contribution < -0.4 is 10.7 Å². The molecule has 0 radical (unpaired) electrons. The van der Waals surface area contributed by atoms with E-state index in [1.54, 1.807) is 10.9 Å². The van der Waals surface area contributed by atoms with Gasteiger partial charge in [0.1, 0.15) is 6.33 Å². The highest BCUT2D eigenvalue weighted by Gasteiger charge is 2.11. The second-order valence-electron chi connectivity index (χ2n) is 4.41. The van der Waals surface area contributed by atoms with Crippen LogP contribution in [0.15, 0.2) is 54.4 Å². The van der Waals surface area contributed by atoms with Crippen LogP contribution in [-0.4, -0.2) is 15.5 Å². The molecule has 0 atom stereocenters. The highest BCUT2D eigenvalue weighted by molar-refractivity contribution is 5.98. The summed E-state index contributed by atoms with van der Waals surface area (Å²) in [4.78, 5) is 16.8. The van der Waals surface area contributed by atoms with Crippen molar-refractivity contribution in [1.29, 1.82) is 0 Å². The van der Waals surface area contributed by atoms with Crippen LogP contribution in [0.3, 0.4) is 0 Å². The van der Waals surface area contributed by atoms with Crippen LogP contribution in [0.1, 0.15) is 17.6 Å². The van der Waals surface area contributed by atoms with Crippen molar-refractivity contribution in [2.24, 2.45) is 0 Å². The number of allylic oxidation sites excluding steroid dienone is 8. The number of rotatable bonds is 1. The van der Waals surface area contributed by atoms with Crippen LogP contribution in [0.25, 0.3) is 12.2 Å². The third-order valence-electron chi connectivity index (χ3n) is 3.12. The molecule has 0 unspecified atom stereocenters. The molecule has 2 aliphatic rings. The molecule has 0 aliphatic heterocycles. The van der Waals surface area contributed by atoms with Crippen molar-refractivity contribution in [2.45, 2.75) is 12.8 Å². The first-order valence-corrected chi connectivity index (χ1v) is 6.35. The van der Waals surface area contributed by atoms with Crippen molar-refractivity contribution in [3.8, 4) is 0 Å². The van der Waals surface area contributed by atoms with Crippen molar-refractivity contribution in [2.75, 3.05) is 0 Å². The smallest absolute Gasteiger partial charge is 0.263 e. The zero-order chi connectivity index (χ0) is 13.1. The molecule has 0 spiro atoms. The van der Waals surface area contributed by atoms with Gasteiger partial charge in [0.2, 0.25) is 0 Å². The summed E-state index contributed by atoms with van der Waals surface area (Å²) in [6, 6.07) is 0. The average molecular weight is 250 g/mol. The lowest BCUT2D eigenvalue weighted by Crippen LogP contribution is -2.33. The van der Waals surface area contributed by atoms with E-state index in [1.165, 1.54) is 0 Å². The molecule has 3 rings (SSSR count). The van der Waals surface area contributed by atoms with Crippen molar-refractivity contribution in [1.82, 2.24) is 9.55 Å². The number of fused-ring (bicyclic) bond motifs is 1. The maximum atomic E-state index is 12.5. The van der Waals surface area contributed by atoms with Gasteiger partial charge in [-0.1, -0.05) is 42.5 Å². The SMILES string of the molecule is O=C(C1=CC=CCC=C1)n1cnc2c1=CC=CCC=2. The molecule has 0 bridgehead atoms. The monoisotopic (exact) mass is 250 g/mol. The van der Waals surface area contributed by atoms with Crippen LogP contribution in [0.5, 0.6) is 0 Å². The van der Waals surface area contributed by atoms with Crippen LogP contribution in [0.2, 0.25) is 0 Å². The Morgan fingerprint density at radius 1 is 1.11 bits per heavy atom. The first kappa shape index (κ1) is 11.7. The van der Waals surface area contributed by atoms with Crippen molar-refractivity contribution in [3.63, 3.8) is 0 Å². The van der Waals surface area contributed by atoms with Crippen LogP contribution in [0.4, 0.5) is 0 Å². The predicted molar refractivity (Wildman–Crippen MR) is 75.8 cm³/mol. The van der Waals surface area contributed by atoms with Gasteiger partial charge < -0.3 is 0 Å². The predicted octanol–water partition coefficient (Wildman–Crippen LogP) is 1.49. The van der Waals surface area contributed by atoms with Gasteiger partial charge in [0, 0.05) is 5.57 Å². The fourth-order valence-corrected chi connectivity index (χ4v) is 2.13. The second kappa shape index (κ2) is 5.06. The normalized spacial score (nSPS) is 16.7. The highest BCUT2D eigenvalue weighted by atomic mass is 16.2. The van der Waals surface area contributed by atoms with Crippen molar-refractivity contribution in [3.05, 3.63) is 65.1 Å². The van der Waals surface area contributed by atoms with Gasteiger partial charge in [0.05, 0.1) is 10.7 Å². The molecule has 1 aromatic rings. The van der Waals surface area contributed by atoms with Gasteiger partial charge in [-0.15, -0.1) is 0 Å². The average Bonchev–Trinajstić information content (AvgIpc) is 2.67. The summed E-state index contributed by atoms with van der Waals surface area (Å²) in [6.45, 7) is 0. The van der Waals surface area contributed by atoms with E-state index in [-0.39, 0.29) is 5.91 Å². The number of nitrogens with zero attached hydrogens (tertiary/aromatic N) is 2. The van der Waals surface area contributed by atoms with E-state index in [2.05, 4.69) is 4.98 Å². The van der Waals surface area contributed by atoms with Gasteiger partial charge in [-0.25, -0.2) is 4.98 Å². The molecule has 0 aromatic carbocycles. The summed E-state index contributed by atoms with van der Waals surface area (Å²) < 4.78 is 1.61. The number of carbonyl (C=O) groups excluding carboxylic acids is 1. The maximum absolute atomic E-state index is 12.5. The fraction of sp³-hybridized carbons (Fsp3) is 0.125. The first-order valence-electron chi connectivity index (χ1n) is 6.35. The molecule has 0 fully saturated rings. The molecule has 19 heavy (non-hydrogen) atoms. The van der Waals surface area contributed by atoms with Crippen LogP contribution >= 0.6 is 0 Å². The molecular formula is C16H14N2O. The lowest BCUT2D eigenvalue weighted by atomic mass is 10.2. The Hall–Kier alpha value is -2.42. The van der Waals surface area contributed by atoms with E-state index in [0.717, 1.165) is 23.5 Å².